The molecule has 4 heteroatoms. The second kappa shape index (κ2) is 6.15. The van der Waals surface area contributed by atoms with Crippen molar-refractivity contribution in [2.75, 3.05) is 6.54 Å². The lowest BCUT2D eigenvalue weighted by Gasteiger charge is -2.26. The first-order valence-corrected chi connectivity index (χ1v) is 6.74. The molecule has 2 atom stereocenters. The van der Waals surface area contributed by atoms with Gasteiger partial charge < -0.3 is 5.32 Å². The van der Waals surface area contributed by atoms with Gasteiger partial charge in [-0.2, -0.15) is 0 Å². The van der Waals surface area contributed by atoms with Crippen molar-refractivity contribution in [3.63, 3.8) is 0 Å². The van der Waals surface area contributed by atoms with E-state index in [2.05, 4.69) is 27.2 Å². The molecule has 1 aromatic heterocycles. The number of aryl methyl sites for hydroxylation is 1. The van der Waals surface area contributed by atoms with Crippen LogP contribution in [0.25, 0.3) is 0 Å². The monoisotopic (exact) mass is 237 g/mol. The maximum atomic E-state index is 4.67. The Bertz CT molecular complexity index is 337. The number of hydrogen-bond donors (Lipinski definition) is 1. The lowest BCUT2D eigenvalue weighted by Crippen LogP contribution is -2.21. The van der Waals surface area contributed by atoms with Crippen molar-refractivity contribution in [1.82, 2.24) is 15.6 Å². The van der Waals surface area contributed by atoms with E-state index in [0.29, 0.717) is 0 Å². The molecule has 4 nitrogen and oxygen atoms in total. The normalized spacial score (nSPS) is 25.1. The summed E-state index contributed by atoms with van der Waals surface area (Å²) in [5, 5.41) is 11.1. The SMILES string of the molecule is Cc1nonc1CNCCC1CCCC(C)C1. The van der Waals surface area contributed by atoms with Crippen LogP contribution in [0.5, 0.6) is 0 Å². The zero-order valence-corrected chi connectivity index (χ0v) is 10.9. The first-order valence-electron chi connectivity index (χ1n) is 6.74. The second-order valence-electron chi connectivity index (χ2n) is 5.40. The third kappa shape index (κ3) is 3.80. The zero-order valence-electron chi connectivity index (χ0n) is 10.9. The van der Waals surface area contributed by atoms with Crippen molar-refractivity contribution >= 4 is 0 Å². The Kier molecular flexibility index (Phi) is 4.54. The number of rotatable bonds is 5. The van der Waals surface area contributed by atoms with Gasteiger partial charge in [0.15, 0.2) is 0 Å². The topological polar surface area (TPSA) is 51.0 Å². The Morgan fingerprint density at radius 2 is 2.24 bits per heavy atom. The van der Waals surface area contributed by atoms with Crippen LogP contribution in [0.15, 0.2) is 4.63 Å². The quantitative estimate of drug-likeness (QED) is 0.800. The van der Waals surface area contributed by atoms with Crippen molar-refractivity contribution < 1.29 is 4.63 Å². The molecule has 2 rings (SSSR count). The first-order chi connectivity index (χ1) is 8.25. The summed E-state index contributed by atoms with van der Waals surface area (Å²) in [4.78, 5) is 0. The van der Waals surface area contributed by atoms with E-state index in [-0.39, 0.29) is 0 Å². The van der Waals surface area contributed by atoms with Crippen molar-refractivity contribution in [2.24, 2.45) is 11.8 Å². The van der Waals surface area contributed by atoms with Crippen LogP contribution in [0.3, 0.4) is 0 Å². The molecule has 0 aliphatic heterocycles. The van der Waals surface area contributed by atoms with Gasteiger partial charge in [0.1, 0.15) is 11.4 Å². The summed E-state index contributed by atoms with van der Waals surface area (Å²) in [6.07, 6.45) is 6.95. The minimum Gasteiger partial charge on any atom is -0.311 e. The molecule has 96 valence electrons. The molecule has 0 aromatic carbocycles. The van der Waals surface area contributed by atoms with Crippen molar-refractivity contribution in [2.45, 2.75) is 52.5 Å². The smallest absolute Gasteiger partial charge is 0.121 e. The molecule has 1 N–H and O–H groups in total. The zero-order chi connectivity index (χ0) is 12.1. The average Bonchev–Trinajstić information content (AvgIpc) is 2.71. The standard InChI is InChI=1S/C13H23N3O/c1-10-4-3-5-12(8-10)6-7-14-9-13-11(2)15-17-16-13/h10,12,14H,3-9H2,1-2H3. The van der Waals surface area contributed by atoms with Crippen LogP contribution in [-0.4, -0.2) is 16.9 Å². The van der Waals surface area contributed by atoms with Crippen LogP contribution in [0.1, 0.15) is 50.4 Å². The second-order valence-corrected chi connectivity index (χ2v) is 5.40. The van der Waals surface area contributed by atoms with Gasteiger partial charge in [-0.3, -0.25) is 0 Å². The van der Waals surface area contributed by atoms with E-state index in [1.54, 1.807) is 0 Å². The van der Waals surface area contributed by atoms with E-state index in [9.17, 15) is 0 Å². The van der Waals surface area contributed by atoms with Crippen LogP contribution in [0.2, 0.25) is 0 Å². The van der Waals surface area contributed by atoms with E-state index < -0.39 is 0 Å². The van der Waals surface area contributed by atoms with Gasteiger partial charge in [-0.25, -0.2) is 4.63 Å². The molecule has 1 fully saturated rings. The molecule has 1 heterocycles. The predicted octanol–water partition coefficient (Wildman–Crippen LogP) is 2.68. The van der Waals surface area contributed by atoms with E-state index >= 15 is 0 Å². The summed E-state index contributed by atoms with van der Waals surface area (Å²) in [5.74, 6) is 1.85. The maximum Gasteiger partial charge on any atom is 0.121 e. The molecule has 0 radical (unpaired) electrons. The number of nitrogens with zero attached hydrogens (tertiary/aromatic N) is 2. The third-order valence-corrected chi connectivity index (χ3v) is 3.81. The first kappa shape index (κ1) is 12.6. The van der Waals surface area contributed by atoms with Gasteiger partial charge in [-0.15, -0.1) is 0 Å². The van der Waals surface area contributed by atoms with Gasteiger partial charge >= 0.3 is 0 Å². The molecular formula is C13H23N3O. The Labute approximate surface area is 103 Å². The molecule has 0 bridgehead atoms. The molecule has 2 unspecified atom stereocenters. The van der Waals surface area contributed by atoms with Gasteiger partial charge in [-0.05, 0) is 38.1 Å². The fraction of sp³-hybridized carbons (Fsp3) is 0.846. The number of hydrogen-bond acceptors (Lipinski definition) is 4. The molecule has 1 aliphatic carbocycles. The van der Waals surface area contributed by atoms with Gasteiger partial charge in [0.2, 0.25) is 0 Å². The van der Waals surface area contributed by atoms with Crippen LogP contribution < -0.4 is 5.32 Å². The van der Waals surface area contributed by atoms with Crippen LogP contribution in [0.4, 0.5) is 0 Å². The number of nitrogens with one attached hydrogen (secondary N) is 1. The van der Waals surface area contributed by atoms with Crippen molar-refractivity contribution in [1.29, 1.82) is 0 Å². The average molecular weight is 237 g/mol. The summed E-state index contributed by atoms with van der Waals surface area (Å²) in [6, 6.07) is 0. The largest absolute Gasteiger partial charge is 0.311 e. The maximum absolute atomic E-state index is 4.67. The van der Waals surface area contributed by atoms with Crippen LogP contribution in [0, 0.1) is 18.8 Å². The van der Waals surface area contributed by atoms with Gasteiger partial charge in [0, 0.05) is 6.54 Å². The fourth-order valence-electron chi connectivity index (χ4n) is 2.74. The molecular weight excluding hydrogens is 214 g/mol. The Hall–Kier alpha value is -0.900. The Morgan fingerprint density at radius 1 is 1.35 bits per heavy atom. The highest BCUT2D eigenvalue weighted by Crippen LogP contribution is 2.30. The van der Waals surface area contributed by atoms with E-state index in [4.69, 9.17) is 0 Å². The van der Waals surface area contributed by atoms with Crippen molar-refractivity contribution in [3.05, 3.63) is 11.4 Å². The molecule has 0 spiro atoms. The Morgan fingerprint density at radius 3 is 2.94 bits per heavy atom. The molecule has 1 saturated carbocycles. The summed E-state index contributed by atoms with van der Waals surface area (Å²) in [7, 11) is 0. The summed E-state index contributed by atoms with van der Waals surface area (Å²) < 4.78 is 4.67. The van der Waals surface area contributed by atoms with Crippen LogP contribution >= 0.6 is 0 Å². The molecule has 0 saturated heterocycles. The lowest BCUT2D eigenvalue weighted by molar-refractivity contribution is 0.267. The summed E-state index contributed by atoms with van der Waals surface area (Å²) in [6.45, 7) is 6.15. The molecule has 0 amide bonds. The minimum atomic E-state index is 0.775. The number of aromatic nitrogens is 2. The summed E-state index contributed by atoms with van der Waals surface area (Å²) >= 11 is 0. The Balaban J connectivity index is 1.61. The highest BCUT2D eigenvalue weighted by atomic mass is 16.6. The van der Waals surface area contributed by atoms with Crippen LogP contribution in [-0.2, 0) is 6.54 Å². The summed E-state index contributed by atoms with van der Waals surface area (Å²) in [5.41, 5.74) is 1.82. The minimum absolute atomic E-state index is 0.775. The lowest BCUT2D eigenvalue weighted by atomic mass is 9.81. The molecule has 17 heavy (non-hydrogen) atoms. The molecule has 1 aromatic rings. The molecule has 1 aliphatic rings. The van der Waals surface area contributed by atoms with Crippen molar-refractivity contribution in [3.8, 4) is 0 Å². The van der Waals surface area contributed by atoms with E-state index in [0.717, 1.165) is 36.3 Å². The highest BCUT2D eigenvalue weighted by Gasteiger charge is 2.18. The van der Waals surface area contributed by atoms with Gasteiger partial charge in [0.25, 0.3) is 0 Å². The van der Waals surface area contributed by atoms with Gasteiger partial charge in [-0.1, -0.05) is 36.5 Å². The fourth-order valence-corrected chi connectivity index (χ4v) is 2.74. The predicted molar refractivity (Wildman–Crippen MR) is 66.5 cm³/mol. The van der Waals surface area contributed by atoms with E-state index in [1.165, 1.54) is 32.1 Å². The third-order valence-electron chi connectivity index (χ3n) is 3.81. The van der Waals surface area contributed by atoms with E-state index in [1.807, 2.05) is 6.92 Å². The highest BCUT2D eigenvalue weighted by molar-refractivity contribution is 5.03. The van der Waals surface area contributed by atoms with Gasteiger partial charge in [0.05, 0.1) is 0 Å².